The van der Waals surface area contributed by atoms with E-state index >= 15 is 0 Å². The molecule has 0 spiro atoms. The maximum Gasteiger partial charge on any atom is 0.253 e. The summed E-state index contributed by atoms with van der Waals surface area (Å²) < 4.78 is 7.10. The molecule has 0 saturated carbocycles. The van der Waals surface area contributed by atoms with E-state index in [0.29, 0.717) is 19.7 Å². The van der Waals surface area contributed by atoms with Gasteiger partial charge in [-0.2, -0.15) is 0 Å². The van der Waals surface area contributed by atoms with Crippen molar-refractivity contribution in [2.75, 3.05) is 6.61 Å². The molecule has 0 saturated heterocycles. The molecule has 0 amide bonds. The fraction of sp³-hybridized carbons (Fsp3) is 0.286. The standard InChI is InChI=1S/C14H17N3O2/c1-11-8-14(18)17(10-16-11)6-7-19-13-4-2-12(9-15)3-5-13/h2-5,8,10H,6-7,9,15H2,1H3. The maximum absolute atomic E-state index is 11.6. The lowest BCUT2D eigenvalue weighted by atomic mass is 10.2. The van der Waals surface area contributed by atoms with Gasteiger partial charge in [0.1, 0.15) is 12.4 Å². The first-order valence-corrected chi connectivity index (χ1v) is 6.14. The van der Waals surface area contributed by atoms with Crippen molar-refractivity contribution in [1.29, 1.82) is 0 Å². The first-order valence-electron chi connectivity index (χ1n) is 6.14. The van der Waals surface area contributed by atoms with Gasteiger partial charge in [-0.1, -0.05) is 12.1 Å². The zero-order chi connectivity index (χ0) is 13.7. The van der Waals surface area contributed by atoms with Crippen LogP contribution in [0.5, 0.6) is 5.75 Å². The molecular weight excluding hydrogens is 242 g/mol. The molecule has 19 heavy (non-hydrogen) atoms. The van der Waals surface area contributed by atoms with Crippen LogP contribution in [-0.2, 0) is 13.1 Å². The van der Waals surface area contributed by atoms with Gasteiger partial charge in [0.05, 0.1) is 12.9 Å². The Balaban J connectivity index is 1.90. The third-order valence-corrected chi connectivity index (χ3v) is 2.78. The summed E-state index contributed by atoms with van der Waals surface area (Å²) in [6.07, 6.45) is 1.54. The molecule has 0 fully saturated rings. The predicted molar refractivity (Wildman–Crippen MR) is 73.1 cm³/mol. The van der Waals surface area contributed by atoms with Crippen LogP contribution in [0.1, 0.15) is 11.3 Å². The summed E-state index contributed by atoms with van der Waals surface area (Å²) >= 11 is 0. The number of hydrogen-bond acceptors (Lipinski definition) is 4. The lowest BCUT2D eigenvalue weighted by Crippen LogP contribution is -2.23. The van der Waals surface area contributed by atoms with E-state index in [-0.39, 0.29) is 5.56 Å². The molecule has 1 heterocycles. The van der Waals surface area contributed by atoms with Crippen molar-refractivity contribution in [2.24, 2.45) is 5.73 Å². The quantitative estimate of drug-likeness (QED) is 0.872. The lowest BCUT2D eigenvalue weighted by Gasteiger charge is -2.08. The van der Waals surface area contributed by atoms with E-state index in [2.05, 4.69) is 4.98 Å². The van der Waals surface area contributed by atoms with Gasteiger partial charge in [0.15, 0.2) is 0 Å². The summed E-state index contributed by atoms with van der Waals surface area (Å²) in [7, 11) is 0. The molecule has 2 aromatic rings. The highest BCUT2D eigenvalue weighted by Gasteiger charge is 1.98. The molecule has 0 aliphatic carbocycles. The summed E-state index contributed by atoms with van der Waals surface area (Å²) in [5.74, 6) is 0.769. The third kappa shape index (κ3) is 3.66. The van der Waals surface area contributed by atoms with Crippen molar-refractivity contribution < 1.29 is 4.74 Å². The predicted octanol–water partition coefficient (Wildman–Crippen LogP) is 1.09. The van der Waals surface area contributed by atoms with E-state index in [0.717, 1.165) is 17.0 Å². The molecular formula is C14H17N3O2. The van der Waals surface area contributed by atoms with Gasteiger partial charge in [-0.25, -0.2) is 4.98 Å². The monoisotopic (exact) mass is 259 g/mol. The number of rotatable bonds is 5. The Kier molecular flexibility index (Phi) is 4.30. The third-order valence-electron chi connectivity index (χ3n) is 2.78. The first-order chi connectivity index (χ1) is 9.19. The van der Waals surface area contributed by atoms with Crippen LogP contribution >= 0.6 is 0 Å². The second-order valence-electron chi connectivity index (χ2n) is 4.26. The Hall–Kier alpha value is -2.14. The van der Waals surface area contributed by atoms with Gasteiger partial charge in [0.2, 0.25) is 0 Å². The smallest absolute Gasteiger partial charge is 0.253 e. The maximum atomic E-state index is 11.6. The number of aromatic nitrogens is 2. The molecule has 100 valence electrons. The van der Waals surface area contributed by atoms with E-state index in [1.807, 2.05) is 24.3 Å². The van der Waals surface area contributed by atoms with E-state index < -0.39 is 0 Å². The van der Waals surface area contributed by atoms with Crippen LogP contribution in [0.3, 0.4) is 0 Å². The zero-order valence-corrected chi connectivity index (χ0v) is 10.9. The van der Waals surface area contributed by atoms with E-state index in [1.165, 1.54) is 10.6 Å². The molecule has 0 bridgehead atoms. The van der Waals surface area contributed by atoms with Crippen LogP contribution in [0, 0.1) is 6.92 Å². The molecule has 2 rings (SSSR count). The fourth-order valence-electron chi connectivity index (χ4n) is 1.67. The number of nitrogens with zero attached hydrogens (tertiary/aromatic N) is 2. The van der Waals surface area contributed by atoms with Crippen molar-refractivity contribution >= 4 is 0 Å². The Morgan fingerprint density at radius 3 is 2.68 bits per heavy atom. The number of benzene rings is 1. The van der Waals surface area contributed by atoms with Crippen LogP contribution in [0.15, 0.2) is 41.5 Å². The largest absolute Gasteiger partial charge is 0.492 e. The molecule has 1 aromatic carbocycles. The minimum atomic E-state index is -0.0606. The summed E-state index contributed by atoms with van der Waals surface area (Å²) in [5, 5.41) is 0. The topological polar surface area (TPSA) is 70.1 Å². The SMILES string of the molecule is Cc1cc(=O)n(CCOc2ccc(CN)cc2)cn1. The summed E-state index contributed by atoms with van der Waals surface area (Å²) in [6.45, 7) is 3.21. The minimum Gasteiger partial charge on any atom is -0.492 e. The van der Waals surface area contributed by atoms with Crippen LogP contribution in [0.2, 0.25) is 0 Å². The Morgan fingerprint density at radius 2 is 2.05 bits per heavy atom. The normalized spacial score (nSPS) is 10.4. The van der Waals surface area contributed by atoms with Crippen molar-refractivity contribution in [2.45, 2.75) is 20.0 Å². The van der Waals surface area contributed by atoms with Crippen molar-refractivity contribution in [3.05, 3.63) is 58.3 Å². The summed E-state index contributed by atoms with van der Waals surface area (Å²) in [4.78, 5) is 15.7. The second-order valence-corrected chi connectivity index (χ2v) is 4.26. The van der Waals surface area contributed by atoms with Crippen molar-refractivity contribution in [3.63, 3.8) is 0 Å². The molecule has 0 unspecified atom stereocenters. The summed E-state index contributed by atoms with van der Waals surface area (Å²) in [6, 6.07) is 9.11. The zero-order valence-electron chi connectivity index (χ0n) is 10.9. The van der Waals surface area contributed by atoms with Crippen LogP contribution in [0.25, 0.3) is 0 Å². The highest BCUT2D eigenvalue weighted by atomic mass is 16.5. The highest BCUT2D eigenvalue weighted by molar-refractivity contribution is 5.27. The van der Waals surface area contributed by atoms with Crippen LogP contribution < -0.4 is 16.0 Å². The van der Waals surface area contributed by atoms with Gasteiger partial charge in [-0.05, 0) is 24.6 Å². The van der Waals surface area contributed by atoms with Crippen LogP contribution in [-0.4, -0.2) is 16.2 Å². The van der Waals surface area contributed by atoms with E-state index in [9.17, 15) is 4.79 Å². The Morgan fingerprint density at radius 1 is 1.32 bits per heavy atom. The van der Waals surface area contributed by atoms with Gasteiger partial charge in [0.25, 0.3) is 5.56 Å². The molecule has 0 radical (unpaired) electrons. The average molecular weight is 259 g/mol. The van der Waals surface area contributed by atoms with Gasteiger partial charge in [-0.3, -0.25) is 9.36 Å². The highest BCUT2D eigenvalue weighted by Crippen LogP contribution is 2.11. The molecule has 0 atom stereocenters. The molecule has 5 nitrogen and oxygen atoms in total. The van der Waals surface area contributed by atoms with Gasteiger partial charge in [-0.15, -0.1) is 0 Å². The van der Waals surface area contributed by atoms with Gasteiger partial charge >= 0.3 is 0 Å². The Labute approximate surface area is 111 Å². The van der Waals surface area contributed by atoms with E-state index in [4.69, 9.17) is 10.5 Å². The number of nitrogens with two attached hydrogens (primary N) is 1. The molecule has 0 aliphatic rings. The fourth-order valence-corrected chi connectivity index (χ4v) is 1.67. The minimum absolute atomic E-state index is 0.0606. The average Bonchev–Trinajstić information content (AvgIpc) is 2.42. The molecule has 2 N–H and O–H groups in total. The lowest BCUT2D eigenvalue weighted by molar-refractivity contribution is 0.295. The number of ether oxygens (including phenoxy) is 1. The van der Waals surface area contributed by atoms with Gasteiger partial charge in [0, 0.05) is 18.3 Å². The second kappa shape index (κ2) is 6.15. The first kappa shape index (κ1) is 13.3. The Bertz CT molecular complexity index is 590. The van der Waals surface area contributed by atoms with Crippen molar-refractivity contribution in [3.8, 4) is 5.75 Å². The molecule has 1 aromatic heterocycles. The van der Waals surface area contributed by atoms with Crippen molar-refractivity contribution in [1.82, 2.24) is 9.55 Å². The molecule has 5 heteroatoms. The van der Waals surface area contributed by atoms with Crippen LogP contribution in [0.4, 0.5) is 0 Å². The van der Waals surface area contributed by atoms with E-state index in [1.54, 1.807) is 13.3 Å². The number of aryl methyl sites for hydroxylation is 1. The molecule has 0 aliphatic heterocycles. The number of hydrogen-bond donors (Lipinski definition) is 1. The van der Waals surface area contributed by atoms with Gasteiger partial charge < -0.3 is 10.5 Å². The summed E-state index contributed by atoms with van der Waals surface area (Å²) in [5.41, 5.74) is 7.24.